The van der Waals surface area contributed by atoms with E-state index in [4.69, 9.17) is 17.0 Å². The normalized spacial score (nSPS) is 10.8. The molecule has 144 valence electrons. The largest absolute Gasteiger partial charge is 0.484 e. The first-order valence-electron chi connectivity index (χ1n) is 8.96. The third-order valence-electron chi connectivity index (χ3n) is 4.05. The van der Waals surface area contributed by atoms with Crippen LogP contribution in [0, 0.1) is 0 Å². The molecule has 0 radical (unpaired) electrons. The molecule has 0 saturated carbocycles. The molecule has 0 aromatic heterocycles. The Labute approximate surface area is 166 Å². The first kappa shape index (κ1) is 20.7. The van der Waals surface area contributed by atoms with Gasteiger partial charge in [0.25, 0.3) is 5.91 Å². The zero-order chi connectivity index (χ0) is 19.9. The lowest BCUT2D eigenvalue weighted by Gasteiger charge is -2.19. The van der Waals surface area contributed by atoms with Crippen LogP contribution in [0.1, 0.15) is 38.8 Å². The second-order valence-electron chi connectivity index (χ2n) is 7.20. The monoisotopic (exact) mass is 385 g/mol. The molecule has 0 aliphatic carbocycles. The summed E-state index contributed by atoms with van der Waals surface area (Å²) in [7, 11) is 0. The van der Waals surface area contributed by atoms with Gasteiger partial charge in [-0.2, -0.15) is 0 Å². The number of rotatable bonds is 5. The number of anilines is 1. The van der Waals surface area contributed by atoms with Crippen molar-refractivity contribution < 1.29 is 9.53 Å². The van der Waals surface area contributed by atoms with Crippen LogP contribution in [0.3, 0.4) is 0 Å². The molecule has 2 aromatic carbocycles. The van der Waals surface area contributed by atoms with Gasteiger partial charge in [-0.15, -0.1) is 0 Å². The second kappa shape index (κ2) is 9.37. The fraction of sp³-hybridized carbons (Fsp3) is 0.333. The fourth-order valence-electron chi connectivity index (χ4n) is 2.47. The van der Waals surface area contributed by atoms with E-state index in [-0.39, 0.29) is 17.9 Å². The van der Waals surface area contributed by atoms with Crippen LogP contribution in [0.25, 0.3) is 0 Å². The summed E-state index contributed by atoms with van der Waals surface area (Å²) in [5.74, 6) is 0.332. The highest BCUT2D eigenvalue weighted by atomic mass is 32.1. The van der Waals surface area contributed by atoms with Gasteiger partial charge in [0.2, 0.25) is 0 Å². The van der Waals surface area contributed by atoms with Crippen LogP contribution in [0.4, 0.5) is 5.69 Å². The number of aryl methyl sites for hydroxylation is 1. The zero-order valence-electron chi connectivity index (χ0n) is 16.3. The lowest BCUT2D eigenvalue weighted by Crippen LogP contribution is -2.45. The van der Waals surface area contributed by atoms with Crippen LogP contribution in [-0.2, 0) is 16.6 Å². The second-order valence-corrected chi connectivity index (χ2v) is 7.61. The highest BCUT2D eigenvalue weighted by molar-refractivity contribution is 7.80. The number of nitrogens with one attached hydrogen (secondary N) is 3. The van der Waals surface area contributed by atoms with Crippen molar-refractivity contribution in [2.24, 2.45) is 0 Å². The molecule has 0 fully saturated rings. The minimum absolute atomic E-state index is 0.0823. The summed E-state index contributed by atoms with van der Waals surface area (Å²) in [6.07, 6.45) is 0.889. The fourth-order valence-corrected chi connectivity index (χ4v) is 2.63. The Kier molecular flexibility index (Phi) is 7.19. The third-order valence-corrected chi connectivity index (χ3v) is 4.26. The quantitative estimate of drug-likeness (QED) is 0.537. The maximum absolute atomic E-state index is 11.9. The number of hydrogen-bond acceptors (Lipinski definition) is 3. The van der Waals surface area contributed by atoms with Crippen molar-refractivity contribution in [3.05, 3.63) is 59.7 Å². The van der Waals surface area contributed by atoms with Gasteiger partial charge in [0.05, 0.1) is 0 Å². The first-order chi connectivity index (χ1) is 12.8. The molecule has 0 aliphatic heterocycles. The predicted octanol–water partition coefficient (Wildman–Crippen LogP) is 3.94. The molecule has 0 bridgehead atoms. The summed E-state index contributed by atoms with van der Waals surface area (Å²) >= 11 is 5.21. The summed E-state index contributed by atoms with van der Waals surface area (Å²) in [5, 5.41) is 3.39. The van der Waals surface area contributed by atoms with Crippen molar-refractivity contribution in [2.75, 3.05) is 11.9 Å². The van der Waals surface area contributed by atoms with Crippen LogP contribution >= 0.6 is 12.2 Å². The predicted molar refractivity (Wildman–Crippen MR) is 114 cm³/mol. The number of hydrazine groups is 1. The molecule has 2 rings (SSSR count). The molecule has 0 unspecified atom stereocenters. The van der Waals surface area contributed by atoms with Crippen LogP contribution < -0.4 is 20.9 Å². The molecule has 0 aliphatic rings. The van der Waals surface area contributed by atoms with Gasteiger partial charge in [-0.25, -0.2) is 0 Å². The number of benzene rings is 2. The molecular formula is C21H27N3O2S. The minimum atomic E-state index is -0.317. The van der Waals surface area contributed by atoms with Gasteiger partial charge in [0, 0.05) is 5.69 Å². The number of thiocarbonyl (C=S) groups is 1. The van der Waals surface area contributed by atoms with Gasteiger partial charge in [0.15, 0.2) is 11.7 Å². The molecule has 27 heavy (non-hydrogen) atoms. The molecule has 0 heterocycles. The van der Waals surface area contributed by atoms with Crippen LogP contribution in [-0.4, -0.2) is 17.6 Å². The topological polar surface area (TPSA) is 62.4 Å². The van der Waals surface area contributed by atoms with Gasteiger partial charge in [-0.05, 0) is 53.4 Å². The average molecular weight is 386 g/mol. The Hall–Kier alpha value is -2.60. The molecule has 0 atom stereocenters. The molecule has 6 heteroatoms. The smallest absolute Gasteiger partial charge is 0.276 e. The number of carbonyl (C=O) groups is 1. The van der Waals surface area contributed by atoms with E-state index in [9.17, 15) is 4.79 Å². The number of carbonyl (C=O) groups excluding carboxylic acids is 1. The third kappa shape index (κ3) is 6.57. The zero-order valence-corrected chi connectivity index (χ0v) is 17.1. The van der Waals surface area contributed by atoms with E-state index in [0.29, 0.717) is 10.9 Å². The van der Waals surface area contributed by atoms with Crippen LogP contribution in [0.15, 0.2) is 48.5 Å². The Morgan fingerprint density at radius 2 is 1.70 bits per heavy atom. The molecule has 0 spiro atoms. The molecule has 1 amide bonds. The SMILES string of the molecule is CCc1ccccc1NC(=S)NNC(=O)COc1ccc(C(C)(C)C)cc1. The first-order valence-corrected chi connectivity index (χ1v) is 9.37. The highest BCUT2D eigenvalue weighted by Crippen LogP contribution is 2.24. The van der Waals surface area contributed by atoms with Gasteiger partial charge in [0.1, 0.15) is 5.75 Å². The van der Waals surface area contributed by atoms with E-state index in [2.05, 4.69) is 43.9 Å². The van der Waals surface area contributed by atoms with Crippen LogP contribution in [0.2, 0.25) is 0 Å². The lowest BCUT2D eigenvalue weighted by molar-refractivity contribution is -0.123. The van der Waals surface area contributed by atoms with E-state index in [1.807, 2.05) is 48.5 Å². The van der Waals surface area contributed by atoms with E-state index in [1.54, 1.807) is 0 Å². The van der Waals surface area contributed by atoms with E-state index < -0.39 is 0 Å². The van der Waals surface area contributed by atoms with E-state index >= 15 is 0 Å². The summed E-state index contributed by atoms with van der Waals surface area (Å²) in [4.78, 5) is 11.9. The Morgan fingerprint density at radius 1 is 1.04 bits per heavy atom. The van der Waals surface area contributed by atoms with Crippen LogP contribution in [0.5, 0.6) is 5.75 Å². The molecular weight excluding hydrogens is 358 g/mol. The Balaban J connectivity index is 1.76. The number of amides is 1. The van der Waals surface area contributed by atoms with Crippen molar-refractivity contribution in [3.8, 4) is 5.75 Å². The van der Waals surface area contributed by atoms with E-state index in [0.717, 1.165) is 17.7 Å². The minimum Gasteiger partial charge on any atom is -0.484 e. The van der Waals surface area contributed by atoms with Gasteiger partial charge >= 0.3 is 0 Å². The van der Waals surface area contributed by atoms with Crippen molar-refractivity contribution >= 4 is 28.9 Å². The van der Waals surface area contributed by atoms with E-state index in [1.165, 1.54) is 5.56 Å². The number of para-hydroxylation sites is 1. The lowest BCUT2D eigenvalue weighted by atomic mass is 9.87. The van der Waals surface area contributed by atoms with Gasteiger partial charge in [-0.3, -0.25) is 15.6 Å². The highest BCUT2D eigenvalue weighted by Gasteiger charge is 2.13. The maximum atomic E-state index is 11.9. The van der Waals surface area contributed by atoms with Crippen molar-refractivity contribution in [1.82, 2.24) is 10.9 Å². The van der Waals surface area contributed by atoms with Crippen molar-refractivity contribution in [2.45, 2.75) is 39.5 Å². The van der Waals surface area contributed by atoms with Gasteiger partial charge < -0.3 is 10.1 Å². The molecule has 0 saturated heterocycles. The molecule has 2 aromatic rings. The maximum Gasteiger partial charge on any atom is 0.276 e. The van der Waals surface area contributed by atoms with Crippen molar-refractivity contribution in [3.63, 3.8) is 0 Å². The average Bonchev–Trinajstić information content (AvgIpc) is 2.64. The molecule has 5 nitrogen and oxygen atoms in total. The Morgan fingerprint density at radius 3 is 2.33 bits per heavy atom. The summed E-state index contributed by atoms with van der Waals surface area (Å²) in [5.41, 5.74) is 8.58. The number of ether oxygens (including phenoxy) is 1. The van der Waals surface area contributed by atoms with Gasteiger partial charge in [-0.1, -0.05) is 58.0 Å². The molecule has 3 N–H and O–H groups in total. The summed E-state index contributed by atoms with van der Waals surface area (Å²) < 4.78 is 5.51. The number of hydrogen-bond donors (Lipinski definition) is 3. The summed E-state index contributed by atoms with van der Waals surface area (Å²) in [6, 6.07) is 15.6. The van der Waals surface area contributed by atoms with Crippen molar-refractivity contribution in [1.29, 1.82) is 0 Å². The Bertz CT molecular complexity index is 783. The standard InChI is InChI=1S/C21H27N3O2S/c1-5-15-8-6-7-9-18(15)22-20(27)24-23-19(25)14-26-17-12-10-16(11-13-17)21(2,3)4/h6-13H,5,14H2,1-4H3,(H,23,25)(H2,22,24,27). The summed E-state index contributed by atoms with van der Waals surface area (Å²) in [6.45, 7) is 8.42.